The van der Waals surface area contributed by atoms with E-state index in [1.54, 1.807) is 0 Å². The molecule has 6 atom stereocenters. The second-order valence-electron chi connectivity index (χ2n) is 6.21. The van der Waals surface area contributed by atoms with E-state index in [0.29, 0.717) is 0 Å². The number of anilines is 1. The van der Waals surface area contributed by atoms with Gasteiger partial charge in [0.1, 0.15) is 29.5 Å². The number of rotatable bonds is 8. The standard InChI is InChI=1S/C10H16N5O13P3S/c11-10-13-7-4(8(32)14-10)12-2-15(7)9-6(17)5(16)3(26-9)1-25-30(21,22)28-31(23,24)27-29(18,19)20/h2-3,5-6,9,16-17H,1H2,(H,21,22)(H,23,24)(H2,18,19,20)(H3,11,13,14,32)/t3-,5?,6+,9-/m1/s1. The van der Waals surface area contributed by atoms with E-state index in [1.807, 2.05) is 0 Å². The Bertz CT molecular complexity index is 1210. The van der Waals surface area contributed by atoms with E-state index in [4.69, 9.17) is 37.4 Å². The normalized spacial score (nSPS) is 27.9. The van der Waals surface area contributed by atoms with E-state index in [-0.39, 0.29) is 21.8 Å². The molecule has 180 valence electrons. The lowest BCUT2D eigenvalue weighted by atomic mass is 10.1. The smallest absolute Gasteiger partial charge is 0.387 e. The van der Waals surface area contributed by atoms with E-state index in [9.17, 15) is 28.8 Å². The molecule has 1 aliphatic rings. The number of aliphatic hydroxyl groups is 2. The molecule has 32 heavy (non-hydrogen) atoms. The first-order valence-electron chi connectivity index (χ1n) is 8.11. The lowest BCUT2D eigenvalue weighted by Gasteiger charge is -2.19. The van der Waals surface area contributed by atoms with Crippen LogP contribution in [0.2, 0.25) is 0 Å². The van der Waals surface area contributed by atoms with Crippen molar-refractivity contribution in [1.82, 2.24) is 19.5 Å². The predicted molar refractivity (Wildman–Crippen MR) is 103 cm³/mol. The zero-order valence-corrected chi connectivity index (χ0v) is 18.8. The molecule has 3 unspecified atom stereocenters. The summed E-state index contributed by atoms with van der Waals surface area (Å²) in [7, 11) is -16.7. The van der Waals surface area contributed by atoms with Gasteiger partial charge < -0.3 is 45.2 Å². The van der Waals surface area contributed by atoms with Gasteiger partial charge >= 0.3 is 23.5 Å². The van der Waals surface area contributed by atoms with Crippen molar-refractivity contribution in [3.05, 3.63) is 11.0 Å². The SMILES string of the molecule is Nc1nc(=S)c2ncn([C@@H]3O[C@H](COP(=O)(O)OP(=O)(O)OP(=O)(O)O)C(O)[C@@H]3O)c2[nH]1. The number of hydrogen-bond donors (Lipinski definition) is 8. The lowest BCUT2D eigenvalue weighted by molar-refractivity contribution is -0.0503. The van der Waals surface area contributed by atoms with Crippen molar-refractivity contribution in [2.24, 2.45) is 0 Å². The van der Waals surface area contributed by atoms with E-state index >= 15 is 0 Å². The number of aromatic nitrogens is 4. The number of nitrogens with one attached hydrogen (secondary N) is 1. The molecule has 2 aromatic rings. The maximum Gasteiger partial charge on any atom is 0.490 e. The van der Waals surface area contributed by atoms with Crippen LogP contribution < -0.4 is 5.73 Å². The molecule has 0 amide bonds. The highest BCUT2D eigenvalue weighted by Gasteiger charge is 2.46. The average Bonchev–Trinajstić information content (AvgIpc) is 3.12. The summed E-state index contributed by atoms with van der Waals surface area (Å²) in [6.07, 6.45) is -4.88. The van der Waals surface area contributed by atoms with E-state index in [1.165, 1.54) is 10.9 Å². The fourth-order valence-electron chi connectivity index (χ4n) is 2.71. The number of ether oxygens (including phenoxy) is 1. The summed E-state index contributed by atoms with van der Waals surface area (Å²) < 4.78 is 52.1. The molecule has 3 heterocycles. The lowest BCUT2D eigenvalue weighted by Crippen LogP contribution is -2.33. The minimum absolute atomic E-state index is 0.0484. The second kappa shape index (κ2) is 8.90. The summed E-state index contributed by atoms with van der Waals surface area (Å²) in [5, 5.41) is 20.5. The van der Waals surface area contributed by atoms with Gasteiger partial charge in [-0.25, -0.2) is 23.7 Å². The summed E-state index contributed by atoms with van der Waals surface area (Å²) in [6.45, 7) is -0.968. The zero-order valence-electron chi connectivity index (χ0n) is 15.3. The van der Waals surface area contributed by atoms with Crippen molar-refractivity contribution in [3.8, 4) is 0 Å². The first-order valence-corrected chi connectivity index (χ1v) is 13.0. The second-order valence-corrected chi connectivity index (χ2v) is 11.0. The zero-order chi connectivity index (χ0) is 24.1. The van der Waals surface area contributed by atoms with Crippen LogP contribution in [-0.4, -0.2) is 74.2 Å². The molecule has 0 spiro atoms. The maximum absolute atomic E-state index is 11.8. The Kier molecular flexibility index (Phi) is 7.09. The Labute approximate surface area is 182 Å². The van der Waals surface area contributed by atoms with Gasteiger partial charge in [0.25, 0.3) is 0 Å². The molecular formula is C10H16N5O13P3S. The Morgan fingerprint density at radius 3 is 2.44 bits per heavy atom. The van der Waals surface area contributed by atoms with Crippen LogP contribution in [0.5, 0.6) is 0 Å². The highest BCUT2D eigenvalue weighted by atomic mass is 32.1. The average molecular weight is 539 g/mol. The molecule has 0 saturated carbocycles. The van der Waals surface area contributed by atoms with E-state index < -0.39 is 54.6 Å². The summed E-state index contributed by atoms with van der Waals surface area (Å²) >= 11 is 5.03. The molecule has 0 aliphatic carbocycles. The molecule has 0 bridgehead atoms. The van der Waals surface area contributed by atoms with Gasteiger partial charge in [0.15, 0.2) is 16.8 Å². The van der Waals surface area contributed by atoms with Gasteiger partial charge in [0.05, 0.1) is 12.9 Å². The van der Waals surface area contributed by atoms with E-state index in [0.717, 1.165) is 0 Å². The van der Waals surface area contributed by atoms with Crippen molar-refractivity contribution >= 4 is 52.8 Å². The fourth-order valence-corrected chi connectivity index (χ4v) is 5.99. The van der Waals surface area contributed by atoms with Gasteiger partial charge in [-0.15, -0.1) is 0 Å². The van der Waals surface area contributed by atoms with Crippen LogP contribution in [0.15, 0.2) is 6.33 Å². The highest BCUT2D eigenvalue weighted by molar-refractivity contribution is 7.71. The maximum atomic E-state index is 11.8. The number of fused-ring (bicyclic) bond motifs is 1. The van der Waals surface area contributed by atoms with Crippen LogP contribution >= 0.6 is 35.7 Å². The van der Waals surface area contributed by atoms with Crippen LogP contribution in [0.25, 0.3) is 11.2 Å². The number of nitrogens with zero attached hydrogens (tertiary/aromatic N) is 3. The van der Waals surface area contributed by atoms with Crippen molar-refractivity contribution in [1.29, 1.82) is 0 Å². The first kappa shape index (κ1) is 25.5. The molecule has 0 aromatic carbocycles. The van der Waals surface area contributed by atoms with Crippen molar-refractivity contribution < 1.29 is 61.4 Å². The molecular weight excluding hydrogens is 523 g/mol. The third-order valence-electron chi connectivity index (χ3n) is 3.89. The number of hydrogen-bond acceptors (Lipinski definition) is 13. The topological polar surface area (TPSA) is 282 Å². The Morgan fingerprint density at radius 1 is 1.16 bits per heavy atom. The molecule has 1 saturated heterocycles. The predicted octanol–water partition coefficient (Wildman–Crippen LogP) is -0.966. The Morgan fingerprint density at radius 2 is 1.81 bits per heavy atom. The number of aromatic amines is 1. The number of imidazole rings is 1. The number of phosphoric ester groups is 1. The quantitative estimate of drug-likeness (QED) is 0.148. The largest absolute Gasteiger partial charge is 0.490 e. The van der Waals surface area contributed by atoms with Crippen LogP contribution in [0.4, 0.5) is 5.95 Å². The van der Waals surface area contributed by atoms with Crippen molar-refractivity contribution in [2.75, 3.05) is 12.3 Å². The third-order valence-corrected chi connectivity index (χ3v) is 7.98. The molecule has 1 aliphatic heterocycles. The molecule has 18 nitrogen and oxygen atoms in total. The first-order chi connectivity index (χ1) is 14.6. The highest BCUT2D eigenvalue weighted by Crippen LogP contribution is 2.66. The minimum atomic E-state index is -5.71. The number of phosphoric acid groups is 3. The van der Waals surface area contributed by atoms with Crippen molar-refractivity contribution in [3.63, 3.8) is 0 Å². The molecule has 2 aromatic heterocycles. The van der Waals surface area contributed by atoms with Crippen LogP contribution in [0, 0.1) is 4.64 Å². The number of H-pyrrole nitrogens is 1. The summed E-state index contributed by atoms with van der Waals surface area (Å²) in [5.41, 5.74) is 5.99. The van der Waals surface area contributed by atoms with Crippen molar-refractivity contribution in [2.45, 2.75) is 24.5 Å². The van der Waals surface area contributed by atoms with Gasteiger partial charge in [0.2, 0.25) is 0 Å². The number of aliphatic hydroxyl groups excluding tert-OH is 2. The van der Waals surface area contributed by atoms with E-state index in [2.05, 4.69) is 28.1 Å². The van der Waals surface area contributed by atoms with Gasteiger partial charge in [-0.2, -0.15) is 8.62 Å². The Hall–Kier alpha value is -1.14. The molecule has 3 rings (SSSR count). The molecule has 0 radical (unpaired) electrons. The monoisotopic (exact) mass is 539 g/mol. The van der Waals surface area contributed by atoms with Crippen LogP contribution in [0.1, 0.15) is 6.23 Å². The molecule has 22 heteroatoms. The summed E-state index contributed by atoms with van der Waals surface area (Å²) in [4.78, 5) is 46.1. The van der Waals surface area contributed by atoms with Crippen LogP contribution in [0.3, 0.4) is 0 Å². The van der Waals surface area contributed by atoms with Gasteiger partial charge in [0, 0.05) is 0 Å². The molecule has 1 fully saturated rings. The Balaban J connectivity index is 1.72. The molecule has 9 N–H and O–H groups in total. The van der Waals surface area contributed by atoms with Gasteiger partial charge in [-0.1, -0.05) is 12.2 Å². The third kappa shape index (κ3) is 5.85. The number of nitrogen functional groups attached to an aromatic ring is 1. The van der Waals surface area contributed by atoms with Gasteiger partial charge in [-0.05, 0) is 0 Å². The summed E-state index contributed by atoms with van der Waals surface area (Å²) in [6, 6.07) is 0. The van der Waals surface area contributed by atoms with Crippen LogP contribution in [-0.2, 0) is 31.6 Å². The minimum Gasteiger partial charge on any atom is -0.387 e. The fraction of sp³-hybridized carbons (Fsp3) is 0.500. The number of nitrogens with two attached hydrogens (primary N) is 1. The van der Waals surface area contributed by atoms with Gasteiger partial charge in [-0.3, -0.25) is 9.09 Å². The summed E-state index contributed by atoms with van der Waals surface area (Å²) in [5.74, 6) is -0.0681.